The lowest BCUT2D eigenvalue weighted by molar-refractivity contribution is -0.200. The van der Waals surface area contributed by atoms with Crippen LogP contribution in [0.1, 0.15) is 160 Å². The molecule has 4 aliphatic rings. The molecule has 2 saturated heterocycles. The van der Waals surface area contributed by atoms with E-state index >= 15 is 18.4 Å². The van der Waals surface area contributed by atoms with Crippen molar-refractivity contribution in [2.24, 2.45) is 29.1 Å². The third kappa shape index (κ3) is 14.8. The molecule has 0 bridgehead atoms. The van der Waals surface area contributed by atoms with Crippen LogP contribution >= 0.6 is 23.2 Å². The summed E-state index contributed by atoms with van der Waals surface area (Å²) < 4.78 is 45.7. The fraction of sp³-hybridized carbons (Fsp3) is 0.759. The van der Waals surface area contributed by atoms with Gasteiger partial charge in [0.25, 0.3) is 0 Å². The molecule has 418 valence electrons. The molecule has 2 heterocycles. The lowest BCUT2D eigenvalue weighted by atomic mass is 9.52. The van der Waals surface area contributed by atoms with Gasteiger partial charge in [0.05, 0.1) is 15.6 Å². The molecule has 2 unspecified atom stereocenters. The van der Waals surface area contributed by atoms with Gasteiger partial charge in [0.2, 0.25) is 0 Å². The van der Waals surface area contributed by atoms with Crippen LogP contribution in [0.4, 0.5) is 18.4 Å². The number of piperidine rings is 2. The maximum atomic E-state index is 17.4. The van der Waals surface area contributed by atoms with Crippen molar-refractivity contribution in [1.82, 2.24) is 31.1 Å². The average Bonchev–Trinajstić information content (AvgIpc) is 3.39. The van der Waals surface area contributed by atoms with E-state index in [2.05, 4.69) is 28.2 Å². The van der Waals surface area contributed by atoms with E-state index in [1.54, 1.807) is 41.2 Å². The largest absolute Gasteiger partial charge is 0.385 e. The molecule has 7 atom stereocenters. The first-order valence-corrected chi connectivity index (χ1v) is 29.2. The summed E-state index contributed by atoms with van der Waals surface area (Å²) in [5, 5.41) is 41.6. The van der Waals surface area contributed by atoms with E-state index in [4.69, 9.17) is 32.7 Å². The number of halogens is 4. The second-order valence-electron chi connectivity index (χ2n) is 22.7. The van der Waals surface area contributed by atoms with Gasteiger partial charge in [-0.3, -0.25) is 0 Å². The molecule has 2 aliphatic heterocycles. The quantitative estimate of drug-likeness (QED) is 0.0511. The minimum atomic E-state index is -2.12. The summed E-state index contributed by atoms with van der Waals surface area (Å²) in [6.07, 6.45) is 15.1. The summed E-state index contributed by atoms with van der Waals surface area (Å²) in [5.41, 5.74) is -5.74. The summed E-state index contributed by atoms with van der Waals surface area (Å²) >= 11 is 13.3. The van der Waals surface area contributed by atoms with Crippen LogP contribution in [0, 0.1) is 40.7 Å². The van der Waals surface area contributed by atoms with Gasteiger partial charge in [-0.15, -0.1) is 0 Å². The molecule has 2 aromatic rings. The van der Waals surface area contributed by atoms with Gasteiger partial charge in [-0.05, 0) is 128 Å². The van der Waals surface area contributed by atoms with Crippen LogP contribution in [0.15, 0.2) is 36.4 Å². The number of methoxy groups -OCH3 is 1. The number of carbonyl (C=O) groups excluding carboxylic acids is 2. The molecular weight excluding hydrogens is 986 g/mol. The monoisotopic (exact) mass is 1080 g/mol. The Kier molecular flexibility index (Phi) is 23.9. The number of hydrogen-bond acceptors (Lipinski definition) is 8. The highest BCUT2D eigenvalue weighted by Gasteiger charge is 2.65. The van der Waals surface area contributed by atoms with Gasteiger partial charge in [-0.2, -0.15) is 0 Å². The third-order valence-corrected chi connectivity index (χ3v) is 18.2. The fourth-order valence-electron chi connectivity index (χ4n) is 13.9. The first kappa shape index (κ1) is 60.4. The number of aliphatic hydroxyl groups is 2. The Balaban J connectivity index is 1.58. The number of nitrogens with zero attached hydrogens (tertiary/aromatic N) is 2. The van der Waals surface area contributed by atoms with Crippen molar-refractivity contribution in [3.63, 3.8) is 0 Å². The van der Waals surface area contributed by atoms with Crippen LogP contribution in [0.5, 0.6) is 0 Å². The number of amides is 4. The van der Waals surface area contributed by atoms with E-state index in [-0.39, 0.29) is 77.7 Å². The predicted molar refractivity (Wildman–Crippen MR) is 293 cm³/mol. The number of likely N-dealkylation sites (tertiary alicyclic amines) is 2. The van der Waals surface area contributed by atoms with Crippen molar-refractivity contribution in [2.75, 3.05) is 73.7 Å². The maximum Gasteiger partial charge on any atom is 0.317 e. The van der Waals surface area contributed by atoms with Crippen LogP contribution in [0.25, 0.3) is 0 Å². The SMILES string of the molecule is CCOCCCC[C@@](O)(c1cccc(Cl)c1F)[C@]1(C2C([C@@](O)(CCCCOC)c3cccc(Cl)c3F)CCCN2C(=O)N[C@H](CNC)CC2CCC(C)CC2)CCCN(C(=O)N[C@H](CNC)CC2CCCCC2)C1. The zero-order valence-electron chi connectivity index (χ0n) is 45.4. The number of benzene rings is 2. The Morgan fingerprint density at radius 3 is 1.99 bits per heavy atom. The number of rotatable bonds is 26. The van der Waals surface area contributed by atoms with Crippen molar-refractivity contribution in [3.8, 4) is 0 Å². The van der Waals surface area contributed by atoms with E-state index in [0.717, 1.165) is 51.4 Å². The minimum Gasteiger partial charge on any atom is -0.385 e. The van der Waals surface area contributed by atoms with Gasteiger partial charge in [-0.25, -0.2) is 18.4 Å². The van der Waals surface area contributed by atoms with Gasteiger partial charge in [0.1, 0.15) is 17.2 Å². The minimum absolute atomic E-state index is 0.00775. The molecule has 0 radical (unpaired) electrons. The molecule has 2 saturated carbocycles. The number of likely N-dealkylation sites (N-methyl/N-ethyl adjacent to an activating group) is 2. The van der Waals surface area contributed by atoms with Crippen molar-refractivity contribution in [3.05, 3.63) is 69.2 Å². The van der Waals surface area contributed by atoms with Crippen molar-refractivity contribution >= 4 is 35.3 Å². The molecule has 74 heavy (non-hydrogen) atoms. The van der Waals surface area contributed by atoms with E-state index in [1.807, 2.05) is 21.0 Å². The number of hydrogen-bond donors (Lipinski definition) is 6. The maximum absolute atomic E-state index is 17.4. The summed E-state index contributed by atoms with van der Waals surface area (Å²) in [6.45, 7) is 7.06. The number of nitrogens with one attached hydrogen (secondary N) is 4. The van der Waals surface area contributed by atoms with Crippen molar-refractivity contribution < 1.29 is 38.1 Å². The lowest BCUT2D eigenvalue weighted by Gasteiger charge is -2.63. The average molecular weight is 1080 g/mol. The van der Waals surface area contributed by atoms with Crippen LogP contribution in [-0.2, 0) is 20.7 Å². The number of ether oxygens (including phenoxy) is 2. The third-order valence-electron chi connectivity index (χ3n) is 17.6. The topological polar surface area (TPSA) is 148 Å². The van der Waals surface area contributed by atoms with E-state index in [0.29, 0.717) is 102 Å². The molecule has 2 aromatic carbocycles. The number of urea groups is 2. The van der Waals surface area contributed by atoms with E-state index in [9.17, 15) is 10.2 Å². The van der Waals surface area contributed by atoms with Crippen LogP contribution in [0.2, 0.25) is 10.0 Å². The Bertz CT molecular complexity index is 2050. The Labute approximate surface area is 452 Å². The van der Waals surface area contributed by atoms with Crippen molar-refractivity contribution in [2.45, 2.75) is 178 Å². The normalized spacial score (nSPS) is 25.4. The summed E-state index contributed by atoms with van der Waals surface area (Å²) in [5.74, 6) is -0.949. The number of unbranched alkanes of at least 4 members (excludes halogenated alkanes) is 2. The van der Waals surface area contributed by atoms with E-state index in [1.165, 1.54) is 31.4 Å². The number of carbonyl (C=O) groups is 2. The highest BCUT2D eigenvalue weighted by molar-refractivity contribution is 6.31. The molecule has 4 fully saturated rings. The standard InChI is InChI=1S/C58H92Cl2F2N6O6/c1-6-74-35-13-11-31-58(72,47-21-15-24-50(60)52(47)62)56(29-17-32-67(40-56)54(69)65-44(38-63-3)36-42-18-8-7-9-19-42)53-48(57(71,30-10-12-34-73-5)46-20-14-23-49(59)51(46)61)22-16-33-68(53)55(70)66-45(39-64-4)37-43-27-25-41(2)26-28-43/h14-15,20-21,23-24,41-45,48,53,63-64,71-72H,6-13,16-19,22,25-40H2,1-5H3,(H,65,69)(H,66,70)/t41?,43?,44-,45-,48?,53?,56+,57+,58+/m0/s1. The molecule has 6 N–H and O–H groups in total. The van der Waals surface area contributed by atoms with Crippen molar-refractivity contribution in [1.29, 1.82) is 0 Å². The Morgan fingerprint density at radius 2 is 1.35 bits per heavy atom. The molecule has 12 nitrogen and oxygen atoms in total. The molecular formula is C58H92Cl2F2N6O6. The smallest absolute Gasteiger partial charge is 0.317 e. The Hall–Kier alpha value is -2.82. The van der Waals surface area contributed by atoms with Crippen LogP contribution < -0.4 is 21.3 Å². The Morgan fingerprint density at radius 1 is 0.757 bits per heavy atom. The van der Waals surface area contributed by atoms with Gasteiger partial charge < -0.3 is 50.8 Å². The summed E-state index contributed by atoms with van der Waals surface area (Å²) in [6, 6.07) is 7.07. The predicted octanol–water partition coefficient (Wildman–Crippen LogP) is 11.3. The first-order chi connectivity index (χ1) is 35.7. The van der Waals surface area contributed by atoms with Crippen LogP contribution in [0.3, 0.4) is 0 Å². The summed E-state index contributed by atoms with van der Waals surface area (Å²) in [4.78, 5) is 34.6. The summed E-state index contributed by atoms with van der Waals surface area (Å²) in [7, 11) is 5.38. The van der Waals surface area contributed by atoms with Gasteiger partial charge in [0, 0.05) is 100 Å². The van der Waals surface area contributed by atoms with Gasteiger partial charge in [-0.1, -0.05) is 112 Å². The first-order valence-electron chi connectivity index (χ1n) is 28.5. The van der Waals surface area contributed by atoms with Gasteiger partial charge in [0.15, 0.2) is 0 Å². The fourth-order valence-corrected chi connectivity index (χ4v) is 14.2. The highest BCUT2D eigenvalue weighted by Crippen LogP contribution is 2.59. The second kappa shape index (κ2) is 29.2. The lowest BCUT2D eigenvalue weighted by Crippen LogP contribution is -2.72. The highest BCUT2D eigenvalue weighted by atomic mass is 35.5. The zero-order chi connectivity index (χ0) is 53.3. The molecule has 6 rings (SSSR count). The second-order valence-corrected chi connectivity index (χ2v) is 23.5. The molecule has 0 spiro atoms. The van der Waals surface area contributed by atoms with Gasteiger partial charge >= 0.3 is 12.1 Å². The molecule has 16 heteroatoms. The molecule has 4 amide bonds. The molecule has 0 aromatic heterocycles. The molecule has 2 aliphatic carbocycles. The van der Waals surface area contributed by atoms with Crippen LogP contribution in [-0.4, -0.2) is 124 Å². The van der Waals surface area contributed by atoms with E-state index < -0.39 is 40.2 Å². The zero-order valence-corrected chi connectivity index (χ0v) is 47.0.